The van der Waals surface area contributed by atoms with Crippen molar-refractivity contribution >= 4 is 17.3 Å². The van der Waals surface area contributed by atoms with Gasteiger partial charge in [-0.3, -0.25) is 4.79 Å². The lowest BCUT2D eigenvalue weighted by Gasteiger charge is -2.11. The minimum Gasteiger partial charge on any atom is -0.493 e. The second-order valence-corrected chi connectivity index (χ2v) is 4.84. The minimum absolute atomic E-state index is 0.132. The van der Waals surface area contributed by atoms with Gasteiger partial charge in [-0.25, -0.2) is 0 Å². The fourth-order valence-electron chi connectivity index (χ4n) is 1.97. The van der Waals surface area contributed by atoms with E-state index >= 15 is 0 Å². The van der Waals surface area contributed by atoms with Crippen molar-refractivity contribution in [2.75, 3.05) is 31.4 Å². The van der Waals surface area contributed by atoms with E-state index in [1.807, 2.05) is 31.2 Å². The highest BCUT2D eigenvalue weighted by Gasteiger charge is 2.07. The van der Waals surface area contributed by atoms with Gasteiger partial charge in [-0.15, -0.1) is 0 Å². The quantitative estimate of drug-likeness (QED) is 0.861. The predicted octanol–water partition coefficient (Wildman–Crippen LogP) is 3.06. The minimum atomic E-state index is -0.132. The molecule has 5 nitrogen and oxygen atoms in total. The summed E-state index contributed by atoms with van der Waals surface area (Å²) in [5.41, 5.74) is 2.75. The van der Waals surface area contributed by atoms with E-state index in [0.29, 0.717) is 17.2 Å². The van der Waals surface area contributed by atoms with Crippen LogP contribution in [-0.4, -0.2) is 26.7 Å². The van der Waals surface area contributed by atoms with E-state index in [-0.39, 0.29) is 12.5 Å². The Kier molecular flexibility index (Phi) is 5.25. The van der Waals surface area contributed by atoms with Crippen LogP contribution in [0.1, 0.15) is 5.56 Å². The number of anilines is 2. The summed E-state index contributed by atoms with van der Waals surface area (Å²) in [6.07, 6.45) is 0. The Morgan fingerprint density at radius 3 is 2.23 bits per heavy atom. The molecule has 1 amide bonds. The molecule has 0 spiro atoms. The highest BCUT2D eigenvalue weighted by molar-refractivity contribution is 5.94. The lowest BCUT2D eigenvalue weighted by molar-refractivity contribution is -0.114. The third-order valence-electron chi connectivity index (χ3n) is 3.17. The number of carbonyl (C=O) groups is 1. The molecule has 0 aliphatic rings. The zero-order valence-corrected chi connectivity index (χ0v) is 13.0. The van der Waals surface area contributed by atoms with Crippen molar-refractivity contribution in [3.05, 3.63) is 48.0 Å². The molecule has 2 aromatic rings. The molecule has 0 heterocycles. The van der Waals surface area contributed by atoms with E-state index in [1.54, 1.807) is 32.4 Å². The number of hydrogen-bond donors (Lipinski definition) is 2. The van der Waals surface area contributed by atoms with Gasteiger partial charge in [0, 0.05) is 17.4 Å². The van der Waals surface area contributed by atoms with E-state index in [4.69, 9.17) is 9.47 Å². The molecule has 22 heavy (non-hydrogen) atoms. The Hall–Kier alpha value is -2.69. The molecular weight excluding hydrogens is 280 g/mol. The van der Waals surface area contributed by atoms with Crippen molar-refractivity contribution < 1.29 is 14.3 Å². The van der Waals surface area contributed by atoms with Gasteiger partial charge in [0.05, 0.1) is 20.8 Å². The third-order valence-corrected chi connectivity index (χ3v) is 3.17. The maximum absolute atomic E-state index is 12.0. The first-order valence-corrected chi connectivity index (χ1v) is 6.95. The number of ether oxygens (including phenoxy) is 2. The number of rotatable bonds is 6. The molecule has 0 radical (unpaired) electrons. The number of carbonyl (C=O) groups excluding carboxylic acids is 1. The summed E-state index contributed by atoms with van der Waals surface area (Å²) in [4.78, 5) is 12.0. The molecular formula is C17H20N2O3. The molecule has 0 atom stereocenters. The first-order valence-electron chi connectivity index (χ1n) is 6.95. The first-order chi connectivity index (χ1) is 10.6. The summed E-state index contributed by atoms with van der Waals surface area (Å²) < 4.78 is 10.4. The van der Waals surface area contributed by atoms with E-state index in [0.717, 1.165) is 5.69 Å². The lowest BCUT2D eigenvalue weighted by atomic mass is 10.2. The second kappa shape index (κ2) is 7.36. The summed E-state index contributed by atoms with van der Waals surface area (Å²) >= 11 is 0. The standard InChI is InChI=1S/C17H20N2O3/c1-12-4-6-13(7-5-12)18-11-17(20)19-14-8-9-15(21-2)16(10-14)22-3/h4-10,18H,11H2,1-3H3,(H,19,20). The van der Waals surface area contributed by atoms with Crippen molar-refractivity contribution in [2.45, 2.75) is 6.92 Å². The molecule has 0 aromatic heterocycles. The van der Waals surface area contributed by atoms with Crippen molar-refractivity contribution in [3.63, 3.8) is 0 Å². The summed E-state index contributed by atoms with van der Waals surface area (Å²) in [5, 5.41) is 5.89. The van der Waals surface area contributed by atoms with Crippen molar-refractivity contribution in [1.29, 1.82) is 0 Å². The number of aryl methyl sites for hydroxylation is 1. The van der Waals surface area contributed by atoms with Gasteiger partial charge in [-0.2, -0.15) is 0 Å². The average molecular weight is 300 g/mol. The molecule has 2 N–H and O–H groups in total. The molecule has 0 aliphatic heterocycles. The molecule has 2 aromatic carbocycles. The predicted molar refractivity (Wildman–Crippen MR) is 87.8 cm³/mol. The number of amides is 1. The fraction of sp³-hybridized carbons (Fsp3) is 0.235. The number of nitrogens with one attached hydrogen (secondary N) is 2. The summed E-state index contributed by atoms with van der Waals surface area (Å²) in [5.74, 6) is 1.07. The zero-order valence-electron chi connectivity index (χ0n) is 13.0. The van der Waals surface area contributed by atoms with E-state index in [9.17, 15) is 4.79 Å². The first kappa shape index (κ1) is 15.7. The Balaban J connectivity index is 1.93. The zero-order chi connectivity index (χ0) is 15.9. The Bertz CT molecular complexity index is 639. The summed E-state index contributed by atoms with van der Waals surface area (Å²) in [7, 11) is 3.13. The monoisotopic (exact) mass is 300 g/mol. The molecule has 0 aliphatic carbocycles. The van der Waals surface area contributed by atoms with Crippen LogP contribution in [0.25, 0.3) is 0 Å². The highest BCUT2D eigenvalue weighted by Crippen LogP contribution is 2.29. The summed E-state index contributed by atoms with van der Waals surface area (Å²) in [6, 6.07) is 13.1. The van der Waals surface area contributed by atoms with Gasteiger partial charge in [0.1, 0.15) is 0 Å². The van der Waals surface area contributed by atoms with Gasteiger partial charge in [-0.1, -0.05) is 17.7 Å². The van der Waals surface area contributed by atoms with Crippen LogP contribution in [0.5, 0.6) is 11.5 Å². The van der Waals surface area contributed by atoms with Crippen LogP contribution in [0.3, 0.4) is 0 Å². The van der Waals surface area contributed by atoms with Crippen LogP contribution in [0.15, 0.2) is 42.5 Å². The van der Waals surface area contributed by atoms with Gasteiger partial charge in [0.25, 0.3) is 0 Å². The van der Waals surface area contributed by atoms with Crippen LogP contribution in [0.4, 0.5) is 11.4 Å². The second-order valence-electron chi connectivity index (χ2n) is 4.84. The van der Waals surface area contributed by atoms with Gasteiger partial charge in [-0.05, 0) is 31.2 Å². The van der Waals surface area contributed by atoms with Crippen molar-refractivity contribution in [2.24, 2.45) is 0 Å². The average Bonchev–Trinajstić information content (AvgIpc) is 2.54. The van der Waals surface area contributed by atoms with Crippen LogP contribution in [0, 0.1) is 6.92 Å². The highest BCUT2D eigenvalue weighted by atomic mass is 16.5. The Labute approximate surface area is 130 Å². The molecule has 0 bridgehead atoms. The van der Waals surface area contributed by atoms with Gasteiger partial charge in [0.15, 0.2) is 11.5 Å². The molecule has 2 rings (SSSR count). The van der Waals surface area contributed by atoms with E-state index < -0.39 is 0 Å². The molecule has 5 heteroatoms. The smallest absolute Gasteiger partial charge is 0.243 e. The van der Waals surface area contributed by atoms with E-state index in [2.05, 4.69) is 10.6 Å². The fourth-order valence-corrected chi connectivity index (χ4v) is 1.97. The maximum Gasteiger partial charge on any atom is 0.243 e. The van der Waals surface area contributed by atoms with Gasteiger partial charge >= 0.3 is 0 Å². The largest absolute Gasteiger partial charge is 0.493 e. The number of benzene rings is 2. The van der Waals surface area contributed by atoms with Gasteiger partial charge in [0.2, 0.25) is 5.91 Å². The molecule has 0 unspecified atom stereocenters. The SMILES string of the molecule is COc1ccc(NC(=O)CNc2ccc(C)cc2)cc1OC. The third kappa shape index (κ3) is 4.15. The van der Waals surface area contributed by atoms with Crippen LogP contribution in [-0.2, 0) is 4.79 Å². The Morgan fingerprint density at radius 1 is 0.955 bits per heavy atom. The summed E-state index contributed by atoms with van der Waals surface area (Å²) in [6.45, 7) is 2.21. The molecule has 116 valence electrons. The van der Waals surface area contributed by atoms with Crippen LogP contribution in [0.2, 0.25) is 0 Å². The normalized spacial score (nSPS) is 9.95. The molecule has 0 saturated heterocycles. The number of hydrogen-bond acceptors (Lipinski definition) is 4. The van der Waals surface area contributed by atoms with E-state index in [1.165, 1.54) is 5.56 Å². The maximum atomic E-state index is 12.0. The van der Waals surface area contributed by atoms with Crippen LogP contribution < -0.4 is 20.1 Å². The number of methoxy groups -OCH3 is 2. The van der Waals surface area contributed by atoms with Crippen LogP contribution >= 0.6 is 0 Å². The van der Waals surface area contributed by atoms with Crippen molar-refractivity contribution in [1.82, 2.24) is 0 Å². The van der Waals surface area contributed by atoms with Gasteiger partial charge < -0.3 is 20.1 Å². The van der Waals surface area contributed by atoms with Crippen molar-refractivity contribution in [3.8, 4) is 11.5 Å². The topological polar surface area (TPSA) is 59.6 Å². The lowest BCUT2D eigenvalue weighted by Crippen LogP contribution is -2.21. The Morgan fingerprint density at radius 2 is 1.59 bits per heavy atom. The molecule has 0 fully saturated rings. The molecule has 0 saturated carbocycles.